The van der Waals surface area contributed by atoms with Crippen LogP contribution in [-0.2, 0) is 0 Å². The second kappa shape index (κ2) is 4.65. The molecule has 1 aliphatic carbocycles. The molecule has 2 unspecified atom stereocenters. The summed E-state index contributed by atoms with van der Waals surface area (Å²) in [6.45, 7) is 1.97. The third-order valence-electron chi connectivity index (χ3n) is 3.80. The Morgan fingerprint density at radius 2 is 2.42 bits per heavy atom. The second-order valence-corrected chi connectivity index (χ2v) is 5.04. The Labute approximate surface area is 109 Å². The lowest BCUT2D eigenvalue weighted by Crippen LogP contribution is -2.27. The molecule has 7 nitrogen and oxygen atoms in total. The van der Waals surface area contributed by atoms with Crippen molar-refractivity contribution in [3.05, 3.63) is 22.4 Å². The zero-order valence-electron chi connectivity index (χ0n) is 10.8. The van der Waals surface area contributed by atoms with Gasteiger partial charge in [-0.25, -0.2) is 19.3 Å². The van der Waals surface area contributed by atoms with Gasteiger partial charge in [0.05, 0.1) is 0 Å². The summed E-state index contributed by atoms with van der Waals surface area (Å²) in [6, 6.07) is 1.99. The summed E-state index contributed by atoms with van der Waals surface area (Å²) < 4.78 is 1.43. The van der Waals surface area contributed by atoms with Crippen molar-refractivity contribution in [3.63, 3.8) is 0 Å². The molecule has 0 spiro atoms. The topological polar surface area (TPSA) is 95.3 Å². The van der Waals surface area contributed by atoms with E-state index in [0.29, 0.717) is 17.3 Å². The summed E-state index contributed by atoms with van der Waals surface area (Å²) in [6.07, 6.45) is 3.19. The van der Waals surface area contributed by atoms with E-state index in [4.69, 9.17) is 0 Å². The predicted octanol–water partition coefficient (Wildman–Crippen LogP) is 0.299. The van der Waals surface area contributed by atoms with Crippen molar-refractivity contribution in [2.45, 2.75) is 32.2 Å². The number of aryl methyl sites for hydroxylation is 1. The van der Waals surface area contributed by atoms with E-state index < -0.39 is 0 Å². The van der Waals surface area contributed by atoms with E-state index in [9.17, 15) is 9.90 Å². The third-order valence-corrected chi connectivity index (χ3v) is 3.80. The minimum absolute atomic E-state index is 0.195. The van der Waals surface area contributed by atoms with Gasteiger partial charge in [-0.1, -0.05) is 6.42 Å². The standard InChI is InChI=1S/C12H17N5O2/c1-7-13-10(5-11-15-16-12(19)17(7)11)14-9-4-2-3-8(9)6-18/h5,8-9,14,18H,2-4,6H2,1H3,(H,16,19). The largest absolute Gasteiger partial charge is 0.396 e. The Balaban J connectivity index is 1.91. The van der Waals surface area contributed by atoms with Gasteiger partial charge < -0.3 is 10.4 Å². The van der Waals surface area contributed by atoms with Crippen LogP contribution in [-0.4, -0.2) is 37.3 Å². The van der Waals surface area contributed by atoms with Gasteiger partial charge in [0, 0.05) is 24.6 Å². The van der Waals surface area contributed by atoms with Crippen LogP contribution in [0.2, 0.25) is 0 Å². The molecule has 0 saturated heterocycles. The minimum Gasteiger partial charge on any atom is -0.396 e. The maximum atomic E-state index is 11.5. The summed E-state index contributed by atoms with van der Waals surface area (Å²) in [5, 5.41) is 19.0. The second-order valence-electron chi connectivity index (χ2n) is 5.04. The van der Waals surface area contributed by atoms with Gasteiger partial charge >= 0.3 is 5.69 Å². The Morgan fingerprint density at radius 3 is 3.21 bits per heavy atom. The van der Waals surface area contributed by atoms with Gasteiger partial charge in [-0.05, 0) is 19.8 Å². The van der Waals surface area contributed by atoms with Crippen LogP contribution in [0.15, 0.2) is 10.9 Å². The SMILES string of the molecule is Cc1nc(NC2CCCC2CO)cc2n[nH]c(=O)n12. The van der Waals surface area contributed by atoms with Crippen molar-refractivity contribution >= 4 is 11.5 Å². The number of rotatable bonds is 3. The van der Waals surface area contributed by atoms with E-state index in [2.05, 4.69) is 20.5 Å². The first kappa shape index (κ1) is 12.2. The molecule has 102 valence electrons. The lowest BCUT2D eigenvalue weighted by molar-refractivity contribution is 0.222. The molecule has 1 aliphatic rings. The summed E-state index contributed by atoms with van der Waals surface area (Å²) in [4.78, 5) is 15.9. The highest BCUT2D eigenvalue weighted by atomic mass is 16.3. The molecule has 2 heterocycles. The van der Waals surface area contributed by atoms with Crippen LogP contribution in [0, 0.1) is 12.8 Å². The molecule has 1 saturated carbocycles. The monoisotopic (exact) mass is 263 g/mol. The first-order valence-electron chi connectivity index (χ1n) is 6.51. The van der Waals surface area contributed by atoms with Crippen LogP contribution in [0.25, 0.3) is 5.65 Å². The highest BCUT2D eigenvalue weighted by Gasteiger charge is 2.26. The van der Waals surface area contributed by atoms with E-state index >= 15 is 0 Å². The molecule has 0 bridgehead atoms. The first-order valence-corrected chi connectivity index (χ1v) is 6.51. The number of hydrogen-bond donors (Lipinski definition) is 3. The summed E-state index contributed by atoms with van der Waals surface area (Å²) in [5.74, 6) is 1.58. The fourth-order valence-corrected chi connectivity index (χ4v) is 2.81. The van der Waals surface area contributed by atoms with E-state index in [1.165, 1.54) is 4.40 Å². The molecule has 2 aromatic heterocycles. The Bertz CT molecular complexity index is 647. The number of H-pyrrole nitrogens is 1. The lowest BCUT2D eigenvalue weighted by Gasteiger charge is -2.19. The van der Waals surface area contributed by atoms with Crippen LogP contribution < -0.4 is 11.0 Å². The van der Waals surface area contributed by atoms with Crippen LogP contribution in [0.3, 0.4) is 0 Å². The van der Waals surface area contributed by atoms with E-state index in [0.717, 1.165) is 19.3 Å². The minimum atomic E-state index is -0.277. The zero-order chi connectivity index (χ0) is 13.4. The summed E-state index contributed by atoms with van der Waals surface area (Å²) in [7, 11) is 0. The normalized spacial score (nSPS) is 23.1. The zero-order valence-corrected chi connectivity index (χ0v) is 10.8. The highest BCUT2D eigenvalue weighted by Crippen LogP contribution is 2.27. The summed E-state index contributed by atoms with van der Waals surface area (Å²) >= 11 is 0. The van der Waals surface area contributed by atoms with Crippen molar-refractivity contribution in [1.82, 2.24) is 19.6 Å². The average molecular weight is 263 g/mol. The van der Waals surface area contributed by atoms with Gasteiger partial charge in [-0.2, -0.15) is 5.10 Å². The fraction of sp³-hybridized carbons (Fsp3) is 0.583. The molecule has 0 radical (unpaired) electrons. The number of aromatic nitrogens is 4. The maximum absolute atomic E-state index is 11.5. The van der Waals surface area contributed by atoms with Gasteiger partial charge in [-0.15, -0.1) is 0 Å². The van der Waals surface area contributed by atoms with Gasteiger partial charge in [0.15, 0.2) is 5.65 Å². The number of aromatic amines is 1. The van der Waals surface area contributed by atoms with Gasteiger partial charge in [0.1, 0.15) is 11.6 Å². The number of nitrogens with one attached hydrogen (secondary N) is 2. The van der Waals surface area contributed by atoms with E-state index in [1.807, 2.05) is 0 Å². The van der Waals surface area contributed by atoms with Gasteiger partial charge in [0.2, 0.25) is 0 Å². The smallest absolute Gasteiger partial charge is 0.349 e. The third kappa shape index (κ3) is 2.10. The van der Waals surface area contributed by atoms with Crippen molar-refractivity contribution in [3.8, 4) is 0 Å². The molecule has 19 heavy (non-hydrogen) atoms. The summed E-state index contributed by atoms with van der Waals surface area (Å²) in [5.41, 5.74) is 0.277. The van der Waals surface area contributed by atoms with Gasteiger partial charge in [-0.3, -0.25) is 0 Å². The Morgan fingerprint density at radius 1 is 1.58 bits per heavy atom. The number of aliphatic hydroxyl groups is 1. The van der Waals surface area contributed by atoms with Crippen molar-refractivity contribution in [2.75, 3.05) is 11.9 Å². The number of fused-ring (bicyclic) bond motifs is 1. The molecule has 0 aromatic carbocycles. The molecule has 2 atom stereocenters. The van der Waals surface area contributed by atoms with Crippen molar-refractivity contribution in [2.24, 2.45) is 5.92 Å². The maximum Gasteiger partial charge on any atom is 0.349 e. The van der Waals surface area contributed by atoms with Crippen LogP contribution >= 0.6 is 0 Å². The molecule has 0 amide bonds. The molecule has 1 fully saturated rings. The van der Waals surface area contributed by atoms with Crippen LogP contribution in [0.4, 0.5) is 5.82 Å². The van der Waals surface area contributed by atoms with E-state index in [1.54, 1.807) is 13.0 Å². The molecular weight excluding hydrogens is 246 g/mol. The lowest BCUT2D eigenvalue weighted by atomic mass is 10.1. The number of hydrogen-bond acceptors (Lipinski definition) is 5. The number of aliphatic hydroxyl groups excluding tert-OH is 1. The van der Waals surface area contributed by atoms with Crippen LogP contribution in [0.1, 0.15) is 25.1 Å². The van der Waals surface area contributed by atoms with Gasteiger partial charge in [0.25, 0.3) is 0 Å². The van der Waals surface area contributed by atoms with Crippen LogP contribution in [0.5, 0.6) is 0 Å². The molecule has 3 N–H and O–H groups in total. The predicted molar refractivity (Wildman–Crippen MR) is 70.2 cm³/mol. The average Bonchev–Trinajstić information content (AvgIpc) is 2.96. The highest BCUT2D eigenvalue weighted by molar-refractivity contribution is 5.50. The molecule has 7 heteroatoms. The van der Waals surface area contributed by atoms with E-state index in [-0.39, 0.29) is 24.3 Å². The first-order chi connectivity index (χ1) is 9.19. The molecule has 0 aliphatic heterocycles. The Kier molecular flexibility index (Phi) is 2.98. The number of anilines is 1. The quantitative estimate of drug-likeness (QED) is 0.740. The fourth-order valence-electron chi connectivity index (χ4n) is 2.81. The van der Waals surface area contributed by atoms with Crippen molar-refractivity contribution < 1.29 is 5.11 Å². The number of nitrogens with zero attached hydrogens (tertiary/aromatic N) is 3. The molecule has 3 rings (SSSR count). The Hall–Kier alpha value is -1.89. The molecular formula is C12H17N5O2. The van der Waals surface area contributed by atoms with Crippen molar-refractivity contribution in [1.29, 1.82) is 0 Å². The molecule has 2 aromatic rings.